The number of amides is 1. The summed E-state index contributed by atoms with van der Waals surface area (Å²) in [6.45, 7) is 4.43. The van der Waals surface area contributed by atoms with Crippen molar-refractivity contribution < 1.29 is 9.90 Å². The number of hydrogen-bond acceptors (Lipinski definition) is 3. The number of rotatable bonds is 5. The van der Waals surface area contributed by atoms with Crippen molar-refractivity contribution in [3.8, 4) is 0 Å². The van der Waals surface area contributed by atoms with Gasteiger partial charge in [0, 0.05) is 12.0 Å². The van der Waals surface area contributed by atoms with Gasteiger partial charge in [0.25, 0.3) is 0 Å². The fourth-order valence-electron chi connectivity index (χ4n) is 1.17. The van der Waals surface area contributed by atoms with Gasteiger partial charge in [-0.2, -0.15) is 0 Å². The molecule has 1 fully saturated rings. The molecular weight excluding hydrogens is 180 g/mol. The lowest BCUT2D eigenvalue weighted by atomic mass is 10.0. The first-order chi connectivity index (χ1) is 6.46. The lowest BCUT2D eigenvalue weighted by Gasteiger charge is -2.24. The number of likely N-dealkylation sites (N-methyl/N-ethyl adjacent to an activating group) is 1. The molecule has 1 aliphatic carbocycles. The molecule has 0 aromatic rings. The minimum atomic E-state index is -0.536. The summed E-state index contributed by atoms with van der Waals surface area (Å²) in [5, 5.41) is 14.9. The Morgan fingerprint density at radius 1 is 1.50 bits per heavy atom. The van der Waals surface area contributed by atoms with E-state index in [4.69, 9.17) is 5.11 Å². The van der Waals surface area contributed by atoms with Crippen molar-refractivity contribution in [2.45, 2.75) is 32.2 Å². The van der Waals surface area contributed by atoms with Crippen molar-refractivity contribution >= 4 is 5.91 Å². The van der Waals surface area contributed by atoms with Gasteiger partial charge in [-0.1, -0.05) is 0 Å². The van der Waals surface area contributed by atoms with Crippen LogP contribution in [0.25, 0.3) is 0 Å². The van der Waals surface area contributed by atoms with E-state index in [9.17, 15) is 4.79 Å². The maximum absolute atomic E-state index is 11.6. The van der Waals surface area contributed by atoms with Gasteiger partial charge in [0.05, 0.1) is 12.1 Å². The van der Waals surface area contributed by atoms with Crippen LogP contribution in [0, 0.1) is 5.41 Å². The standard InChI is InChI=1S/C10H20N2O2/c1-9(2,11-3)8(14)12-6-10(7-13)4-5-10/h11,13H,4-7H2,1-3H3,(H,12,14). The Morgan fingerprint density at radius 3 is 2.43 bits per heavy atom. The Hall–Kier alpha value is -0.610. The van der Waals surface area contributed by atoms with Crippen LogP contribution in [0.4, 0.5) is 0 Å². The topological polar surface area (TPSA) is 61.4 Å². The molecule has 82 valence electrons. The molecule has 0 radical (unpaired) electrons. The van der Waals surface area contributed by atoms with Gasteiger partial charge in [0.1, 0.15) is 0 Å². The van der Waals surface area contributed by atoms with Crippen molar-refractivity contribution in [3.05, 3.63) is 0 Å². The molecule has 0 saturated heterocycles. The van der Waals surface area contributed by atoms with Crippen molar-refractivity contribution in [1.29, 1.82) is 0 Å². The third-order valence-electron chi connectivity index (χ3n) is 3.11. The van der Waals surface area contributed by atoms with Gasteiger partial charge in [-0.25, -0.2) is 0 Å². The molecule has 0 aliphatic heterocycles. The Bertz CT molecular complexity index is 222. The normalized spacial score (nSPS) is 19.1. The fourth-order valence-corrected chi connectivity index (χ4v) is 1.17. The zero-order valence-corrected chi connectivity index (χ0v) is 9.18. The first kappa shape index (κ1) is 11.5. The second-order valence-electron chi connectivity index (χ2n) is 4.72. The molecule has 1 rings (SSSR count). The highest BCUT2D eigenvalue weighted by molar-refractivity contribution is 5.85. The lowest BCUT2D eigenvalue weighted by Crippen LogP contribution is -2.52. The van der Waals surface area contributed by atoms with E-state index in [0.717, 1.165) is 12.8 Å². The smallest absolute Gasteiger partial charge is 0.239 e. The van der Waals surface area contributed by atoms with Crippen LogP contribution >= 0.6 is 0 Å². The quantitative estimate of drug-likeness (QED) is 0.579. The summed E-state index contributed by atoms with van der Waals surface area (Å²) in [5.74, 6) is -0.0141. The number of nitrogens with one attached hydrogen (secondary N) is 2. The average Bonchev–Trinajstić information content (AvgIpc) is 2.95. The summed E-state index contributed by atoms with van der Waals surface area (Å²) >= 11 is 0. The Kier molecular flexibility index (Phi) is 3.17. The molecule has 1 saturated carbocycles. The number of carbonyl (C=O) groups excluding carboxylic acids is 1. The summed E-state index contributed by atoms with van der Waals surface area (Å²) in [6, 6.07) is 0. The number of aliphatic hydroxyl groups excluding tert-OH is 1. The van der Waals surface area contributed by atoms with Crippen molar-refractivity contribution in [1.82, 2.24) is 10.6 Å². The van der Waals surface area contributed by atoms with E-state index in [2.05, 4.69) is 10.6 Å². The molecule has 1 amide bonds. The van der Waals surface area contributed by atoms with Crippen LogP contribution in [0.5, 0.6) is 0 Å². The van der Waals surface area contributed by atoms with Gasteiger partial charge < -0.3 is 15.7 Å². The third kappa shape index (κ3) is 2.45. The summed E-state index contributed by atoms with van der Waals surface area (Å²) < 4.78 is 0. The molecule has 0 bridgehead atoms. The van der Waals surface area contributed by atoms with Crippen molar-refractivity contribution in [3.63, 3.8) is 0 Å². The molecule has 0 atom stereocenters. The van der Waals surface area contributed by atoms with Crippen LogP contribution in [-0.2, 0) is 4.79 Å². The van der Waals surface area contributed by atoms with Gasteiger partial charge in [-0.15, -0.1) is 0 Å². The van der Waals surface area contributed by atoms with E-state index in [1.165, 1.54) is 0 Å². The van der Waals surface area contributed by atoms with Crippen molar-refractivity contribution in [2.75, 3.05) is 20.2 Å². The monoisotopic (exact) mass is 200 g/mol. The zero-order valence-electron chi connectivity index (χ0n) is 9.18. The second kappa shape index (κ2) is 3.87. The minimum absolute atomic E-state index is 0.0141. The van der Waals surface area contributed by atoms with Gasteiger partial charge >= 0.3 is 0 Å². The highest BCUT2D eigenvalue weighted by Gasteiger charge is 2.42. The molecule has 14 heavy (non-hydrogen) atoms. The summed E-state index contributed by atoms with van der Waals surface area (Å²) in [4.78, 5) is 11.6. The maximum atomic E-state index is 11.6. The second-order valence-corrected chi connectivity index (χ2v) is 4.72. The Labute approximate surface area is 85.1 Å². The van der Waals surface area contributed by atoms with E-state index in [0.29, 0.717) is 6.54 Å². The van der Waals surface area contributed by atoms with E-state index in [-0.39, 0.29) is 17.9 Å². The van der Waals surface area contributed by atoms with Crippen LogP contribution in [-0.4, -0.2) is 36.8 Å². The molecular formula is C10H20N2O2. The summed E-state index contributed by atoms with van der Waals surface area (Å²) in [7, 11) is 1.76. The van der Waals surface area contributed by atoms with Crippen LogP contribution in [0.15, 0.2) is 0 Å². The van der Waals surface area contributed by atoms with E-state index in [1.54, 1.807) is 7.05 Å². The Morgan fingerprint density at radius 2 is 2.07 bits per heavy atom. The molecule has 0 aromatic carbocycles. The summed E-state index contributed by atoms with van der Waals surface area (Å²) in [6.07, 6.45) is 2.04. The van der Waals surface area contributed by atoms with Crippen LogP contribution in [0.1, 0.15) is 26.7 Å². The molecule has 3 N–H and O–H groups in total. The molecule has 1 aliphatic rings. The molecule has 0 unspecified atom stereocenters. The predicted octanol–water partition coefficient (Wildman–Crippen LogP) is -0.127. The Balaban J connectivity index is 2.35. The predicted molar refractivity (Wildman–Crippen MR) is 54.9 cm³/mol. The number of aliphatic hydroxyl groups is 1. The van der Waals surface area contributed by atoms with Gasteiger partial charge in [0.15, 0.2) is 0 Å². The van der Waals surface area contributed by atoms with Crippen molar-refractivity contribution in [2.24, 2.45) is 5.41 Å². The molecule has 4 heteroatoms. The number of hydrogen-bond donors (Lipinski definition) is 3. The van der Waals surface area contributed by atoms with E-state index in [1.807, 2.05) is 13.8 Å². The largest absolute Gasteiger partial charge is 0.396 e. The van der Waals surface area contributed by atoms with E-state index < -0.39 is 5.54 Å². The molecule has 0 spiro atoms. The SMILES string of the molecule is CNC(C)(C)C(=O)NCC1(CO)CC1. The van der Waals surface area contributed by atoms with Gasteiger partial charge in [-0.3, -0.25) is 4.79 Å². The fraction of sp³-hybridized carbons (Fsp3) is 0.900. The maximum Gasteiger partial charge on any atom is 0.239 e. The van der Waals surface area contributed by atoms with Crippen LogP contribution in [0.2, 0.25) is 0 Å². The highest BCUT2D eigenvalue weighted by atomic mass is 16.3. The summed E-state index contributed by atoms with van der Waals surface area (Å²) in [5.41, 5.74) is -0.551. The third-order valence-corrected chi connectivity index (χ3v) is 3.11. The van der Waals surface area contributed by atoms with Gasteiger partial charge in [0.2, 0.25) is 5.91 Å². The average molecular weight is 200 g/mol. The molecule has 4 nitrogen and oxygen atoms in total. The first-order valence-corrected chi connectivity index (χ1v) is 5.04. The molecule has 0 heterocycles. The van der Waals surface area contributed by atoms with Gasteiger partial charge in [-0.05, 0) is 33.7 Å². The van der Waals surface area contributed by atoms with Crippen LogP contribution < -0.4 is 10.6 Å². The van der Waals surface area contributed by atoms with E-state index >= 15 is 0 Å². The highest BCUT2D eigenvalue weighted by Crippen LogP contribution is 2.44. The minimum Gasteiger partial charge on any atom is -0.396 e. The zero-order chi connectivity index (χ0) is 10.8. The first-order valence-electron chi connectivity index (χ1n) is 5.04. The molecule has 0 aromatic heterocycles. The lowest BCUT2D eigenvalue weighted by molar-refractivity contribution is -0.126. The van der Waals surface area contributed by atoms with Crippen LogP contribution in [0.3, 0.4) is 0 Å². The number of carbonyl (C=O) groups is 1.